The smallest absolute Gasteiger partial charge is 0.233 e. The molecule has 4 rings (SSSR count). The minimum atomic E-state index is -0.446. The number of hydrogen-bond donors (Lipinski definition) is 1. The number of carbonyl (C=O) groups is 2. The molecular weight excluding hydrogens is 370 g/mol. The second-order valence-corrected chi connectivity index (χ2v) is 8.34. The van der Waals surface area contributed by atoms with Crippen LogP contribution in [-0.2, 0) is 15.0 Å². The summed E-state index contributed by atoms with van der Waals surface area (Å²) in [6.45, 7) is 1.18. The van der Waals surface area contributed by atoms with E-state index < -0.39 is 5.41 Å². The quantitative estimate of drug-likeness (QED) is 0.867. The number of hydrogen-bond acceptors (Lipinski definition) is 4. The maximum atomic E-state index is 13.2. The standard InChI is InChI=1S/C19H20ClN3O2S/c20-15-5-1-4-14(11-15)19(6-7-19)17(25)23-9-2-3-13(12-23)16(24)22-18-21-8-10-26-18/h1,4-5,8,10-11,13H,2-3,6-7,9,12H2,(H,21,22,24)/t13-/m0/s1. The Kier molecular flexibility index (Phi) is 4.71. The van der Waals surface area contributed by atoms with Crippen molar-refractivity contribution in [1.29, 1.82) is 0 Å². The van der Waals surface area contributed by atoms with Crippen molar-refractivity contribution in [2.24, 2.45) is 5.92 Å². The van der Waals surface area contributed by atoms with Crippen molar-refractivity contribution in [3.05, 3.63) is 46.4 Å². The molecule has 1 saturated heterocycles. The zero-order valence-electron chi connectivity index (χ0n) is 14.3. The van der Waals surface area contributed by atoms with E-state index in [-0.39, 0.29) is 17.7 Å². The first-order valence-corrected chi connectivity index (χ1v) is 10.1. The van der Waals surface area contributed by atoms with Gasteiger partial charge in [-0.3, -0.25) is 9.59 Å². The normalized spacial score (nSPS) is 21.3. The van der Waals surface area contributed by atoms with E-state index in [0.29, 0.717) is 23.2 Å². The van der Waals surface area contributed by atoms with Crippen LogP contribution < -0.4 is 5.32 Å². The molecular formula is C19H20ClN3O2S. The van der Waals surface area contributed by atoms with Gasteiger partial charge in [0, 0.05) is 29.7 Å². The van der Waals surface area contributed by atoms with E-state index in [9.17, 15) is 9.59 Å². The fourth-order valence-electron chi connectivity index (χ4n) is 3.71. The summed E-state index contributed by atoms with van der Waals surface area (Å²) in [6, 6.07) is 7.59. The van der Waals surface area contributed by atoms with Crippen LogP contribution in [0.25, 0.3) is 0 Å². The van der Waals surface area contributed by atoms with Gasteiger partial charge in [-0.05, 0) is 43.4 Å². The van der Waals surface area contributed by atoms with Crippen molar-refractivity contribution in [3.63, 3.8) is 0 Å². The number of nitrogens with zero attached hydrogens (tertiary/aromatic N) is 2. The van der Waals surface area contributed by atoms with E-state index in [2.05, 4.69) is 10.3 Å². The van der Waals surface area contributed by atoms with Crippen molar-refractivity contribution in [1.82, 2.24) is 9.88 Å². The number of thiazole rings is 1. The molecule has 0 spiro atoms. The van der Waals surface area contributed by atoms with Crippen LogP contribution in [0.15, 0.2) is 35.8 Å². The number of piperidine rings is 1. The van der Waals surface area contributed by atoms with Crippen LogP contribution in [-0.4, -0.2) is 34.8 Å². The highest BCUT2D eigenvalue weighted by Crippen LogP contribution is 2.50. The predicted octanol–water partition coefficient (Wildman–Crippen LogP) is 3.71. The Labute approximate surface area is 161 Å². The lowest BCUT2D eigenvalue weighted by molar-refractivity contribution is -0.137. The summed E-state index contributed by atoms with van der Waals surface area (Å²) in [7, 11) is 0. The van der Waals surface area contributed by atoms with Gasteiger partial charge in [-0.1, -0.05) is 23.7 Å². The Morgan fingerprint density at radius 3 is 2.88 bits per heavy atom. The van der Waals surface area contributed by atoms with Crippen LogP contribution in [0.4, 0.5) is 5.13 Å². The maximum Gasteiger partial charge on any atom is 0.233 e. The molecule has 1 aromatic heterocycles. The Balaban J connectivity index is 1.46. The topological polar surface area (TPSA) is 62.3 Å². The number of aromatic nitrogens is 1. The average Bonchev–Trinajstić information content (AvgIpc) is 3.32. The maximum absolute atomic E-state index is 13.2. The largest absolute Gasteiger partial charge is 0.341 e. The molecule has 1 saturated carbocycles. The van der Waals surface area contributed by atoms with E-state index >= 15 is 0 Å². The summed E-state index contributed by atoms with van der Waals surface area (Å²) >= 11 is 7.52. The molecule has 136 valence electrons. The molecule has 0 radical (unpaired) electrons. The molecule has 2 aromatic rings. The minimum absolute atomic E-state index is 0.0509. The Hall–Kier alpha value is -1.92. The van der Waals surface area contributed by atoms with E-state index in [1.807, 2.05) is 34.5 Å². The fourth-order valence-corrected chi connectivity index (χ4v) is 4.43. The SMILES string of the molecule is O=C(Nc1nccs1)[C@H]1CCCN(C(=O)C2(c3cccc(Cl)c3)CC2)C1. The zero-order chi connectivity index (χ0) is 18.1. The first-order chi connectivity index (χ1) is 12.6. The van der Waals surface area contributed by atoms with Crippen LogP contribution in [0.2, 0.25) is 5.02 Å². The molecule has 1 aliphatic heterocycles. The summed E-state index contributed by atoms with van der Waals surface area (Å²) in [5, 5.41) is 5.95. The minimum Gasteiger partial charge on any atom is -0.341 e. The molecule has 1 atom stereocenters. The van der Waals surface area contributed by atoms with Crippen molar-refractivity contribution in [2.45, 2.75) is 31.1 Å². The molecule has 2 heterocycles. The molecule has 7 heteroatoms. The second-order valence-electron chi connectivity index (χ2n) is 7.01. The van der Waals surface area contributed by atoms with Gasteiger partial charge in [0.05, 0.1) is 11.3 Å². The Morgan fingerprint density at radius 1 is 1.35 bits per heavy atom. The molecule has 5 nitrogen and oxygen atoms in total. The van der Waals surface area contributed by atoms with Gasteiger partial charge in [0.1, 0.15) is 0 Å². The fraction of sp³-hybridized carbons (Fsp3) is 0.421. The molecule has 0 bridgehead atoms. The molecule has 1 N–H and O–H groups in total. The van der Waals surface area contributed by atoms with Gasteiger partial charge in [-0.25, -0.2) is 4.98 Å². The summed E-state index contributed by atoms with van der Waals surface area (Å²) in [6.07, 6.45) is 4.99. The molecule has 1 aliphatic carbocycles. The number of likely N-dealkylation sites (tertiary alicyclic amines) is 1. The number of carbonyl (C=O) groups excluding carboxylic acids is 2. The van der Waals surface area contributed by atoms with Gasteiger partial charge >= 0.3 is 0 Å². The number of nitrogens with one attached hydrogen (secondary N) is 1. The lowest BCUT2D eigenvalue weighted by Crippen LogP contribution is -2.47. The van der Waals surface area contributed by atoms with Crippen molar-refractivity contribution >= 4 is 39.9 Å². The molecule has 26 heavy (non-hydrogen) atoms. The third-order valence-electron chi connectivity index (χ3n) is 5.28. The van der Waals surface area contributed by atoms with Gasteiger partial charge in [0.25, 0.3) is 0 Å². The van der Waals surface area contributed by atoms with Crippen molar-refractivity contribution < 1.29 is 9.59 Å². The Morgan fingerprint density at radius 2 is 2.19 bits per heavy atom. The average molecular weight is 390 g/mol. The van der Waals surface area contributed by atoms with Gasteiger partial charge in [0.2, 0.25) is 11.8 Å². The third kappa shape index (κ3) is 3.35. The molecule has 0 unspecified atom stereocenters. The van der Waals surface area contributed by atoms with E-state index in [1.54, 1.807) is 6.20 Å². The van der Waals surface area contributed by atoms with Crippen LogP contribution in [0.5, 0.6) is 0 Å². The number of halogens is 1. The summed E-state index contributed by atoms with van der Waals surface area (Å²) in [5.74, 6) is -0.108. The summed E-state index contributed by atoms with van der Waals surface area (Å²) in [4.78, 5) is 31.7. The molecule has 1 aromatic carbocycles. The van der Waals surface area contributed by atoms with E-state index in [1.165, 1.54) is 11.3 Å². The van der Waals surface area contributed by atoms with E-state index in [4.69, 9.17) is 11.6 Å². The van der Waals surface area contributed by atoms with Crippen LogP contribution in [0.1, 0.15) is 31.2 Å². The van der Waals surface area contributed by atoms with Gasteiger partial charge in [-0.15, -0.1) is 11.3 Å². The first kappa shape index (κ1) is 17.5. The highest BCUT2D eigenvalue weighted by Gasteiger charge is 2.53. The lowest BCUT2D eigenvalue weighted by atomic mass is 9.91. The summed E-state index contributed by atoms with van der Waals surface area (Å²) in [5.41, 5.74) is 0.544. The van der Waals surface area contributed by atoms with Crippen LogP contribution in [0, 0.1) is 5.92 Å². The number of amides is 2. The summed E-state index contributed by atoms with van der Waals surface area (Å²) < 4.78 is 0. The molecule has 2 aliphatic rings. The molecule has 2 amide bonds. The zero-order valence-corrected chi connectivity index (χ0v) is 15.9. The van der Waals surface area contributed by atoms with Gasteiger partial charge in [-0.2, -0.15) is 0 Å². The van der Waals surface area contributed by atoms with Crippen LogP contribution >= 0.6 is 22.9 Å². The number of anilines is 1. The van der Waals surface area contributed by atoms with Crippen LogP contribution in [0.3, 0.4) is 0 Å². The van der Waals surface area contributed by atoms with Gasteiger partial charge in [0.15, 0.2) is 5.13 Å². The third-order valence-corrected chi connectivity index (χ3v) is 6.20. The number of rotatable bonds is 4. The second kappa shape index (κ2) is 7.00. The Bertz CT molecular complexity index is 820. The highest BCUT2D eigenvalue weighted by atomic mass is 35.5. The molecule has 2 fully saturated rings. The van der Waals surface area contributed by atoms with Crippen molar-refractivity contribution in [3.8, 4) is 0 Å². The monoisotopic (exact) mass is 389 g/mol. The first-order valence-electron chi connectivity index (χ1n) is 8.84. The van der Waals surface area contributed by atoms with E-state index in [0.717, 1.165) is 31.2 Å². The predicted molar refractivity (Wildman–Crippen MR) is 102 cm³/mol. The van der Waals surface area contributed by atoms with Gasteiger partial charge < -0.3 is 10.2 Å². The lowest BCUT2D eigenvalue weighted by Gasteiger charge is -2.34. The highest BCUT2D eigenvalue weighted by molar-refractivity contribution is 7.13. The van der Waals surface area contributed by atoms with Crippen molar-refractivity contribution in [2.75, 3.05) is 18.4 Å². The number of benzene rings is 1.